The van der Waals surface area contributed by atoms with Crippen molar-refractivity contribution in [1.29, 1.82) is 5.26 Å². The van der Waals surface area contributed by atoms with Crippen LogP contribution in [0.4, 0.5) is 0 Å². The van der Waals surface area contributed by atoms with Gasteiger partial charge in [0, 0.05) is 0 Å². The maximum absolute atomic E-state index is 11.6. The molecule has 26 heavy (non-hydrogen) atoms. The summed E-state index contributed by atoms with van der Waals surface area (Å²) in [6.45, 7) is 4.92. The summed E-state index contributed by atoms with van der Waals surface area (Å²) in [6, 6.07) is 9.26. The number of carbonyl (C=O) groups excluding carboxylic acids is 1. The second kappa shape index (κ2) is 13.9. The minimum absolute atomic E-state index is 0.000505. The van der Waals surface area contributed by atoms with Gasteiger partial charge in [-0.15, -0.1) is 0 Å². The van der Waals surface area contributed by atoms with Gasteiger partial charge in [0.2, 0.25) is 0 Å². The first-order valence-corrected chi connectivity index (χ1v) is 9.73. The molecule has 142 valence electrons. The number of hydrogen-bond donors (Lipinski definition) is 0. The number of hydrogen-bond acceptors (Lipinski definition) is 4. The molecule has 0 radical (unpaired) electrons. The highest BCUT2D eigenvalue weighted by Gasteiger charge is 2.09. The Morgan fingerprint density at radius 1 is 1.00 bits per heavy atom. The van der Waals surface area contributed by atoms with Gasteiger partial charge in [0.15, 0.2) is 0 Å². The Kier molecular flexibility index (Phi) is 11.7. The van der Waals surface area contributed by atoms with Crippen LogP contribution in [0.15, 0.2) is 29.8 Å². The fraction of sp³-hybridized carbons (Fsp3) is 0.545. The largest absolute Gasteiger partial charge is 0.494 e. The lowest BCUT2D eigenvalue weighted by Crippen LogP contribution is -2.05. The molecule has 0 saturated carbocycles. The Bertz CT molecular complexity index is 584. The molecule has 0 aromatic heterocycles. The molecule has 4 nitrogen and oxygen atoms in total. The normalized spacial score (nSPS) is 11.0. The van der Waals surface area contributed by atoms with Crippen LogP contribution in [0, 0.1) is 11.3 Å². The van der Waals surface area contributed by atoms with Crippen LogP contribution >= 0.6 is 0 Å². The summed E-state index contributed by atoms with van der Waals surface area (Å²) in [5.74, 6) is 0.213. The molecule has 0 bridgehead atoms. The van der Waals surface area contributed by atoms with Gasteiger partial charge in [-0.25, -0.2) is 4.79 Å². The number of ether oxygens (including phenoxy) is 2. The van der Waals surface area contributed by atoms with Crippen LogP contribution in [-0.4, -0.2) is 19.2 Å². The lowest BCUT2D eigenvalue weighted by atomic mass is 10.1. The second-order valence-corrected chi connectivity index (χ2v) is 6.28. The number of nitrogens with zero attached hydrogens (tertiary/aromatic N) is 1. The van der Waals surface area contributed by atoms with Gasteiger partial charge in [-0.1, -0.05) is 64.0 Å². The van der Waals surface area contributed by atoms with E-state index in [1.165, 1.54) is 51.0 Å². The van der Waals surface area contributed by atoms with E-state index in [0.29, 0.717) is 0 Å². The van der Waals surface area contributed by atoms with E-state index in [0.717, 1.165) is 24.3 Å². The van der Waals surface area contributed by atoms with E-state index in [9.17, 15) is 4.79 Å². The highest BCUT2D eigenvalue weighted by molar-refractivity contribution is 5.97. The fourth-order valence-corrected chi connectivity index (χ4v) is 2.60. The molecule has 0 aliphatic carbocycles. The highest BCUT2D eigenvalue weighted by atomic mass is 16.5. The molecule has 0 N–H and O–H groups in total. The third kappa shape index (κ3) is 9.27. The molecule has 0 atom stereocenters. The van der Waals surface area contributed by atoms with Gasteiger partial charge in [0.05, 0.1) is 13.2 Å². The van der Waals surface area contributed by atoms with Crippen molar-refractivity contribution in [1.82, 2.24) is 0 Å². The highest BCUT2D eigenvalue weighted by Crippen LogP contribution is 2.16. The molecule has 0 heterocycles. The summed E-state index contributed by atoms with van der Waals surface area (Å²) >= 11 is 0. The van der Waals surface area contributed by atoms with E-state index in [2.05, 4.69) is 6.92 Å². The number of rotatable bonds is 13. The SMILES string of the molecule is CCCCCCCCCCOc1ccc(/C=C(\C#N)C(=O)OCC)cc1. The number of unbranched alkanes of at least 4 members (excludes halogenated alkanes) is 7. The molecule has 1 aromatic rings. The maximum atomic E-state index is 11.6. The molecular formula is C22H31NO3. The predicted octanol–water partition coefficient (Wildman–Crippen LogP) is 5.68. The minimum Gasteiger partial charge on any atom is -0.494 e. The van der Waals surface area contributed by atoms with Crippen molar-refractivity contribution in [3.63, 3.8) is 0 Å². The summed E-state index contributed by atoms with van der Waals surface area (Å²) < 4.78 is 10.6. The van der Waals surface area contributed by atoms with E-state index in [4.69, 9.17) is 14.7 Å². The van der Waals surface area contributed by atoms with Gasteiger partial charge in [-0.3, -0.25) is 0 Å². The maximum Gasteiger partial charge on any atom is 0.348 e. The third-order valence-electron chi connectivity index (χ3n) is 4.07. The van der Waals surface area contributed by atoms with Gasteiger partial charge in [0.25, 0.3) is 0 Å². The predicted molar refractivity (Wildman–Crippen MR) is 105 cm³/mol. The van der Waals surface area contributed by atoms with E-state index in [1.807, 2.05) is 30.3 Å². The molecule has 0 aliphatic rings. The lowest BCUT2D eigenvalue weighted by molar-refractivity contribution is -0.137. The molecule has 0 aliphatic heterocycles. The first kappa shape index (κ1) is 21.8. The molecule has 4 heteroatoms. The van der Waals surface area contributed by atoms with Gasteiger partial charge in [-0.05, 0) is 37.1 Å². The molecular weight excluding hydrogens is 326 g/mol. The summed E-state index contributed by atoms with van der Waals surface area (Å²) in [7, 11) is 0. The molecule has 0 unspecified atom stereocenters. The van der Waals surface area contributed by atoms with E-state index < -0.39 is 5.97 Å². The van der Waals surface area contributed by atoms with Crippen molar-refractivity contribution >= 4 is 12.0 Å². The van der Waals surface area contributed by atoms with Crippen LogP contribution in [0.1, 0.15) is 70.8 Å². The smallest absolute Gasteiger partial charge is 0.348 e. The summed E-state index contributed by atoms with van der Waals surface area (Å²) in [5.41, 5.74) is 0.772. The van der Waals surface area contributed by atoms with Gasteiger partial charge >= 0.3 is 5.97 Å². The van der Waals surface area contributed by atoms with Crippen molar-refractivity contribution in [2.45, 2.75) is 65.2 Å². The molecule has 1 rings (SSSR count). The van der Waals surface area contributed by atoms with Crippen LogP contribution in [0.25, 0.3) is 6.08 Å². The minimum atomic E-state index is -0.593. The summed E-state index contributed by atoms with van der Waals surface area (Å²) in [6.07, 6.45) is 11.8. The fourth-order valence-electron chi connectivity index (χ4n) is 2.60. The Hall–Kier alpha value is -2.28. The quantitative estimate of drug-likeness (QED) is 0.197. The van der Waals surface area contributed by atoms with Crippen LogP contribution in [0.3, 0.4) is 0 Å². The van der Waals surface area contributed by atoms with Gasteiger partial charge < -0.3 is 9.47 Å². The zero-order valence-electron chi connectivity index (χ0n) is 16.1. The van der Waals surface area contributed by atoms with Gasteiger partial charge in [0.1, 0.15) is 17.4 Å². The van der Waals surface area contributed by atoms with Crippen LogP contribution in [-0.2, 0) is 9.53 Å². The van der Waals surface area contributed by atoms with E-state index in [1.54, 1.807) is 6.92 Å². The number of carbonyl (C=O) groups is 1. The standard InChI is InChI=1S/C22H31NO3/c1-3-5-6-7-8-9-10-11-16-26-21-14-12-19(13-15-21)17-20(18-23)22(24)25-4-2/h12-15,17H,3-11,16H2,1-2H3/b20-17+. The topological polar surface area (TPSA) is 59.3 Å². The van der Waals surface area contributed by atoms with Crippen LogP contribution < -0.4 is 4.74 Å². The molecule has 0 amide bonds. The van der Waals surface area contributed by atoms with Crippen molar-refractivity contribution in [3.05, 3.63) is 35.4 Å². The number of nitriles is 1. The summed E-state index contributed by atoms with van der Waals surface area (Å²) in [5, 5.41) is 9.04. The van der Waals surface area contributed by atoms with Crippen molar-refractivity contribution in [2.24, 2.45) is 0 Å². The second-order valence-electron chi connectivity index (χ2n) is 6.28. The Morgan fingerprint density at radius 3 is 2.19 bits per heavy atom. The molecule has 0 fully saturated rings. The first-order chi connectivity index (χ1) is 12.7. The molecule has 0 spiro atoms. The number of benzene rings is 1. The molecule has 1 aromatic carbocycles. The number of esters is 1. The average molecular weight is 357 g/mol. The Balaban J connectivity index is 2.30. The molecule has 0 saturated heterocycles. The van der Waals surface area contributed by atoms with Crippen molar-refractivity contribution in [2.75, 3.05) is 13.2 Å². The Morgan fingerprint density at radius 2 is 1.62 bits per heavy atom. The van der Waals surface area contributed by atoms with E-state index in [-0.39, 0.29) is 12.2 Å². The van der Waals surface area contributed by atoms with Crippen molar-refractivity contribution < 1.29 is 14.3 Å². The average Bonchev–Trinajstić information content (AvgIpc) is 2.66. The zero-order valence-corrected chi connectivity index (χ0v) is 16.1. The van der Waals surface area contributed by atoms with E-state index >= 15 is 0 Å². The Labute approximate surface area is 157 Å². The zero-order chi connectivity index (χ0) is 19.0. The summed E-state index contributed by atoms with van der Waals surface area (Å²) in [4.78, 5) is 11.6. The third-order valence-corrected chi connectivity index (χ3v) is 4.07. The van der Waals surface area contributed by atoms with Crippen molar-refractivity contribution in [3.8, 4) is 11.8 Å². The monoisotopic (exact) mass is 357 g/mol. The van der Waals surface area contributed by atoms with Gasteiger partial charge in [-0.2, -0.15) is 5.26 Å². The van der Waals surface area contributed by atoms with Crippen LogP contribution in [0.2, 0.25) is 0 Å². The first-order valence-electron chi connectivity index (χ1n) is 9.73. The van der Waals surface area contributed by atoms with Crippen LogP contribution in [0.5, 0.6) is 5.75 Å². The lowest BCUT2D eigenvalue weighted by Gasteiger charge is -2.07.